The minimum Gasteiger partial charge on any atom is -0.497 e. The number of hydrogen-bond acceptors (Lipinski definition) is 6. The zero-order valence-electron chi connectivity index (χ0n) is 14.2. The predicted octanol–water partition coefficient (Wildman–Crippen LogP) is 0.638. The molecule has 0 fully saturated rings. The van der Waals surface area contributed by atoms with Crippen LogP contribution in [0.5, 0.6) is 5.75 Å². The van der Waals surface area contributed by atoms with Gasteiger partial charge < -0.3 is 24.2 Å². The van der Waals surface area contributed by atoms with Crippen molar-refractivity contribution in [2.75, 3.05) is 47.1 Å². The molecule has 1 rings (SSSR count). The molecule has 24 heavy (non-hydrogen) atoms. The van der Waals surface area contributed by atoms with Crippen LogP contribution in [0.2, 0.25) is 0 Å². The second-order valence-corrected chi connectivity index (χ2v) is 5.07. The van der Waals surface area contributed by atoms with Crippen molar-refractivity contribution >= 4 is 11.9 Å². The van der Waals surface area contributed by atoms with E-state index < -0.39 is 0 Å². The normalized spacial score (nSPS) is 10.3. The zero-order chi connectivity index (χ0) is 17.8. The van der Waals surface area contributed by atoms with E-state index in [9.17, 15) is 9.59 Å². The van der Waals surface area contributed by atoms with E-state index in [1.165, 1.54) is 7.11 Å². The Morgan fingerprint density at radius 2 is 1.79 bits per heavy atom. The molecule has 0 aliphatic heterocycles. The van der Waals surface area contributed by atoms with Crippen LogP contribution in [0.15, 0.2) is 24.3 Å². The summed E-state index contributed by atoms with van der Waals surface area (Å²) in [6.07, 6.45) is 0.357. The van der Waals surface area contributed by atoms with Crippen LogP contribution >= 0.6 is 0 Å². The molecule has 0 aliphatic rings. The number of methoxy groups -OCH3 is 2. The number of benzene rings is 1. The number of rotatable bonds is 11. The van der Waals surface area contributed by atoms with E-state index in [0.717, 1.165) is 11.3 Å². The van der Waals surface area contributed by atoms with Crippen molar-refractivity contribution in [2.45, 2.75) is 12.8 Å². The number of amides is 1. The van der Waals surface area contributed by atoms with Gasteiger partial charge in [0, 0.05) is 13.1 Å². The molecule has 0 saturated heterocycles. The summed E-state index contributed by atoms with van der Waals surface area (Å²) >= 11 is 0. The monoisotopic (exact) mass is 339 g/mol. The van der Waals surface area contributed by atoms with E-state index in [2.05, 4.69) is 4.74 Å². The quantitative estimate of drug-likeness (QED) is 0.470. The second-order valence-electron chi connectivity index (χ2n) is 5.07. The van der Waals surface area contributed by atoms with Gasteiger partial charge in [0.1, 0.15) is 5.75 Å². The van der Waals surface area contributed by atoms with Crippen molar-refractivity contribution < 1.29 is 28.9 Å². The minimum atomic E-state index is -0.367. The third-order valence-electron chi connectivity index (χ3n) is 3.42. The molecule has 7 heteroatoms. The molecule has 1 aromatic rings. The van der Waals surface area contributed by atoms with Gasteiger partial charge in [0.2, 0.25) is 5.91 Å². The van der Waals surface area contributed by atoms with Crippen LogP contribution in [0.4, 0.5) is 0 Å². The van der Waals surface area contributed by atoms with Crippen molar-refractivity contribution in [2.24, 2.45) is 0 Å². The Kier molecular flexibility index (Phi) is 9.48. The van der Waals surface area contributed by atoms with Gasteiger partial charge in [0.15, 0.2) is 0 Å². The molecule has 1 amide bonds. The molecule has 0 saturated carbocycles. The number of ether oxygens (including phenoxy) is 3. The summed E-state index contributed by atoms with van der Waals surface area (Å²) in [6.45, 7) is 1.08. The molecule has 134 valence electrons. The highest BCUT2D eigenvalue weighted by molar-refractivity contribution is 5.79. The predicted molar refractivity (Wildman–Crippen MR) is 87.8 cm³/mol. The van der Waals surface area contributed by atoms with Crippen LogP contribution in [-0.2, 0) is 25.5 Å². The number of aliphatic hydroxyl groups is 1. The first kappa shape index (κ1) is 19.9. The van der Waals surface area contributed by atoms with Crippen LogP contribution in [0.25, 0.3) is 0 Å². The number of carbonyl (C=O) groups is 2. The summed E-state index contributed by atoms with van der Waals surface area (Å²) in [5.74, 6) is 0.261. The third kappa shape index (κ3) is 7.43. The lowest BCUT2D eigenvalue weighted by Gasteiger charge is -2.22. The lowest BCUT2D eigenvalue weighted by molar-refractivity contribution is -0.141. The number of carbonyl (C=O) groups excluding carboxylic acids is 2. The maximum absolute atomic E-state index is 12.5. The van der Waals surface area contributed by atoms with E-state index in [4.69, 9.17) is 14.6 Å². The Balaban J connectivity index is 2.60. The molecule has 1 N–H and O–H groups in total. The van der Waals surface area contributed by atoms with Crippen molar-refractivity contribution in [3.8, 4) is 5.75 Å². The Bertz CT molecular complexity index is 502. The Hall–Kier alpha value is -2.12. The zero-order valence-corrected chi connectivity index (χ0v) is 14.2. The Morgan fingerprint density at radius 3 is 2.38 bits per heavy atom. The maximum atomic E-state index is 12.5. The molecule has 0 heterocycles. The summed E-state index contributed by atoms with van der Waals surface area (Å²) in [5.41, 5.74) is 0.861. The van der Waals surface area contributed by atoms with Gasteiger partial charge in [-0.1, -0.05) is 12.1 Å². The van der Waals surface area contributed by atoms with Gasteiger partial charge in [0.05, 0.1) is 46.9 Å². The first-order valence-electron chi connectivity index (χ1n) is 7.76. The van der Waals surface area contributed by atoms with Gasteiger partial charge in [-0.3, -0.25) is 9.59 Å². The molecule has 0 spiro atoms. The number of hydrogen-bond donors (Lipinski definition) is 1. The second kappa shape index (κ2) is 11.4. The largest absolute Gasteiger partial charge is 0.497 e. The minimum absolute atomic E-state index is 0.0675. The molecule has 0 aliphatic carbocycles. The molecule has 1 aromatic carbocycles. The molecule has 0 aromatic heterocycles. The molecular formula is C17H25NO6. The fourth-order valence-corrected chi connectivity index (χ4v) is 2.06. The Labute approximate surface area is 142 Å². The van der Waals surface area contributed by atoms with E-state index in [-0.39, 0.29) is 44.5 Å². The Morgan fingerprint density at radius 1 is 1.08 bits per heavy atom. The third-order valence-corrected chi connectivity index (χ3v) is 3.42. The van der Waals surface area contributed by atoms with E-state index in [0.29, 0.717) is 13.2 Å². The first-order chi connectivity index (χ1) is 11.6. The highest BCUT2D eigenvalue weighted by Crippen LogP contribution is 2.12. The molecule has 7 nitrogen and oxygen atoms in total. The smallest absolute Gasteiger partial charge is 0.307 e. The summed E-state index contributed by atoms with van der Waals surface area (Å²) in [6, 6.07) is 7.26. The van der Waals surface area contributed by atoms with Crippen LogP contribution in [0.3, 0.4) is 0 Å². The molecule has 0 radical (unpaired) electrons. The summed E-state index contributed by atoms with van der Waals surface area (Å²) < 4.78 is 14.9. The molecule has 0 bridgehead atoms. The number of esters is 1. The van der Waals surface area contributed by atoms with Gasteiger partial charge in [-0.15, -0.1) is 0 Å². The maximum Gasteiger partial charge on any atom is 0.307 e. The SMILES string of the molecule is COC(=O)CCN(CCOCCO)C(=O)Cc1ccc(OC)cc1. The van der Waals surface area contributed by atoms with Crippen molar-refractivity contribution in [3.05, 3.63) is 29.8 Å². The average molecular weight is 339 g/mol. The van der Waals surface area contributed by atoms with Gasteiger partial charge in [0.25, 0.3) is 0 Å². The molecule has 0 atom stereocenters. The van der Waals surface area contributed by atoms with Crippen LogP contribution in [0.1, 0.15) is 12.0 Å². The van der Waals surface area contributed by atoms with Crippen LogP contribution in [-0.4, -0.2) is 69.0 Å². The summed E-state index contributed by atoms with van der Waals surface area (Å²) in [5, 5.41) is 8.71. The summed E-state index contributed by atoms with van der Waals surface area (Å²) in [4.78, 5) is 25.3. The van der Waals surface area contributed by atoms with Crippen molar-refractivity contribution in [1.29, 1.82) is 0 Å². The topological polar surface area (TPSA) is 85.3 Å². The highest BCUT2D eigenvalue weighted by Gasteiger charge is 2.16. The van der Waals surface area contributed by atoms with Crippen molar-refractivity contribution in [1.82, 2.24) is 4.90 Å². The van der Waals surface area contributed by atoms with E-state index in [1.54, 1.807) is 24.1 Å². The average Bonchev–Trinajstić information content (AvgIpc) is 2.61. The summed E-state index contributed by atoms with van der Waals surface area (Å²) in [7, 11) is 2.90. The molecular weight excluding hydrogens is 314 g/mol. The van der Waals surface area contributed by atoms with Gasteiger partial charge in [-0.05, 0) is 17.7 Å². The van der Waals surface area contributed by atoms with Gasteiger partial charge in [-0.25, -0.2) is 0 Å². The first-order valence-corrected chi connectivity index (χ1v) is 7.76. The fraction of sp³-hybridized carbons (Fsp3) is 0.529. The standard InChI is InChI=1S/C17H25NO6/c1-22-15-5-3-14(4-6-15)13-16(20)18(8-7-17(21)23-2)9-11-24-12-10-19/h3-6,19H,7-13H2,1-2H3. The van der Waals surface area contributed by atoms with E-state index in [1.807, 2.05) is 12.1 Å². The lowest BCUT2D eigenvalue weighted by atomic mass is 10.1. The number of aliphatic hydroxyl groups excluding tert-OH is 1. The van der Waals surface area contributed by atoms with E-state index >= 15 is 0 Å². The lowest BCUT2D eigenvalue weighted by Crippen LogP contribution is -2.37. The van der Waals surface area contributed by atoms with Gasteiger partial charge >= 0.3 is 5.97 Å². The van der Waals surface area contributed by atoms with Crippen LogP contribution in [0, 0.1) is 0 Å². The fourth-order valence-electron chi connectivity index (χ4n) is 2.06. The van der Waals surface area contributed by atoms with Gasteiger partial charge in [-0.2, -0.15) is 0 Å². The number of nitrogens with zero attached hydrogens (tertiary/aromatic N) is 1. The van der Waals surface area contributed by atoms with Crippen molar-refractivity contribution in [3.63, 3.8) is 0 Å². The van der Waals surface area contributed by atoms with Crippen LogP contribution < -0.4 is 4.74 Å². The highest BCUT2D eigenvalue weighted by atomic mass is 16.5. The molecule has 0 unspecified atom stereocenters.